The highest BCUT2D eigenvalue weighted by Crippen LogP contribution is 2.27. The minimum atomic E-state index is -0.439. The Hall–Kier alpha value is -2.04. The average Bonchev–Trinajstić information content (AvgIpc) is 2.31. The second kappa shape index (κ2) is 6.64. The predicted molar refractivity (Wildman–Crippen MR) is 66.6 cm³/mol. The smallest absolute Gasteiger partial charge is 0.255 e. The highest BCUT2D eigenvalue weighted by Gasteiger charge is 2.12. The Morgan fingerprint density at radius 3 is 2.61 bits per heavy atom. The first-order valence-corrected chi connectivity index (χ1v) is 5.81. The number of Topliss-reactive ketones (excluding diaryl/α,β-unsaturated/α-hetero) is 1. The summed E-state index contributed by atoms with van der Waals surface area (Å²) in [6.07, 6.45) is 1.93. The topological polar surface area (TPSA) is 86.6 Å². The number of carbonyl (C=O) groups is 2. The van der Waals surface area contributed by atoms with E-state index in [1.165, 1.54) is 25.1 Å². The van der Waals surface area contributed by atoms with Gasteiger partial charge >= 0.3 is 0 Å². The van der Waals surface area contributed by atoms with Crippen LogP contribution < -0.4 is 5.32 Å². The second-order valence-corrected chi connectivity index (χ2v) is 4.09. The van der Waals surface area contributed by atoms with Gasteiger partial charge in [-0.15, -0.1) is 0 Å². The number of hydrogen-bond acceptors (Lipinski definition) is 4. The summed E-state index contributed by atoms with van der Waals surface area (Å²) in [5, 5.41) is 21.4. The molecule has 5 nitrogen and oxygen atoms in total. The zero-order valence-electron chi connectivity index (χ0n) is 10.3. The van der Waals surface area contributed by atoms with E-state index in [-0.39, 0.29) is 17.1 Å². The summed E-state index contributed by atoms with van der Waals surface area (Å²) in [5.74, 6) is -1.05. The molecule has 3 N–H and O–H groups in total. The van der Waals surface area contributed by atoms with Gasteiger partial charge in [-0.05, 0) is 31.9 Å². The molecule has 0 saturated heterocycles. The van der Waals surface area contributed by atoms with Crippen LogP contribution in [0.3, 0.4) is 0 Å². The molecule has 0 aliphatic rings. The second-order valence-electron chi connectivity index (χ2n) is 4.09. The lowest BCUT2D eigenvalue weighted by molar-refractivity contribution is -0.117. The molecule has 1 aromatic rings. The molecule has 18 heavy (non-hydrogen) atoms. The third-order valence-electron chi connectivity index (χ3n) is 2.50. The van der Waals surface area contributed by atoms with Crippen LogP contribution >= 0.6 is 0 Å². The number of phenolic OH excluding ortho intramolecular Hbond substituents is 2. The van der Waals surface area contributed by atoms with Crippen LogP contribution in [-0.4, -0.2) is 28.4 Å². The summed E-state index contributed by atoms with van der Waals surface area (Å²) in [6, 6.07) is 4.22. The van der Waals surface area contributed by atoms with Crippen molar-refractivity contribution in [3.8, 4) is 11.5 Å². The molecule has 0 spiro atoms. The molecule has 1 rings (SSSR count). The first-order valence-electron chi connectivity index (χ1n) is 5.81. The molecule has 0 aromatic heterocycles. The highest BCUT2D eigenvalue weighted by atomic mass is 16.3. The molecule has 98 valence electrons. The minimum absolute atomic E-state index is 0.0431. The zero-order chi connectivity index (χ0) is 13.5. The Kier molecular flexibility index (Phi) is 5.17. The standard InChI is InChI=1S/C13H17NO4/c1-9(15)5-2-3-8-14-13(18)10-6-4-7-11(16)12(10)17/h4,6-7,16-17H,2-3,5,8H2,1H3,(H,14,18). The van der Waals surface area contributed by atoms with Crippen molar-refractivity contribution in [2.24, 2.45) is 0 Å². The molecular formula is C13H17NO4. The maximum Gasteiger partial charge on any atom is 0.255 e. The van der Waals surface area contributed by atoms with Crippen molar-refractivity contribution >= 4 is 11.7 Å². The number of rotatable bonds is 6. The molecule has 0 radical (unpaired) electrons. The Morgan fingerprint density at radius 2 is 1.94 bits per heavy atom. The number of para-hydroxylation sites is 1. The number of amides is 1. The monoisotopic (exact) mass is 251 g/mol. The van der Waals surface area contributed by atoms with Crippen LogP contribution in [0.2, 0.25) is 0 Å². The van der Waals surface area contributed by atoms with Gasteiger partial charge in [-0.25, -0.2) is 0 Å². The van der Waals surface area contributed by atoms with Gasteiger partial charge in [-0.1, -0.05) is 6.07 Å². The fraction of sp³-hybridized carbons (Fsp3) is 0.385. The number of carbonyl (C=O) groups excluding carboxylic acids is 2. The average molecular weight is 251 g/mol. The van der Waals surface area contributed by atoms with E-state index in [1.54, 1.807) is 0 Å². The molecule has 0 atom stereocenters. The van der Waals surface area contributed by atoms with Crippen molar-refractivity contribution in [2.75, 3.05) is 6.54 Å². The lowest BCUT2D eigenvalue weighted by Crippen LogP contribution is -2.24. The lowest BCUT2D eigenvalue weighted by Gasteiger charge is -2.07. The largest absolute Gasteiger partial charge is 0.504 e. The predicted octanol–water partition coefficient (Wildman–Crippen LogP) is 1.59. The van der Waals surface area contributed by atoms with Gasteiger partial charge in [0.1, 0.15) is 5.78 Å². The Bertz CT molecular complexity index is 443. The number of aromatic hydroxyl groups is 2. The van der Waals surface area contributed by atoms with Gasteiger partial charge in [-0.3, -0.25) is 4.79 Å². The first-order chi connectivity index (χ1) is 8.52. The van der Waals surface area contributed by atoms with Crippen molar-refractivity contribution in [3.05, 3.63) is 23.8 Å². The summed E-state index contributed by atoms with van der Waals surface area (Å²) in [5.41, 5.74) is 0.0431. The van der Waals surface area contributed by atoms with Crippen molar-refractivity contribution < 1.29 is 19.8 Å². The van der Waals surface area contributed by atoms with Crippen LogP contribution in [-0.2, 0) is 4.79 Å². The van der Waals surface area contributed by atoms with Gasteiger partial charge in [0.2, 0.25) is 0 Å². The third-order valence-corrected chi connectivity index (χ3v) is 2.50. The maximum absolute atomic E-state index is 11.7. The van der Waals surface area contributed by atoms with Crippen molar-refractivity contribution in [2.45, 2.75) is 26.2 Å². The molecular weight excluding hydrogens is 234 g/mol. The van der Waals surface area contributed by atoms with Gasteiger partial charge in [0.05, 0.1) is 5.56 Å². The molecule has 0 bridgehead atoms. The van der Waals surface area contributed by atoms with Crippen LogP contribution in [0, 0.1) is 0 Å². The Labute approximate surface area is 105 Å². The maximum atomic E-state index is 11.7. The van der Waals surface area contributed by atoms with E-state index in [1.807, 2.05) is 0 Å². The number of phenols is 2. The van der Waals surface area contributed by atoms with Gasteiger partial charge in [-0.2, -0.15) is 0 Å². The van der Waals surface area contributed by atoms with Gasteiger partial charge in [0.15, 0.2) is 11.5 Å². The fourth-order valence-electron chi connectivity index (χ4n) is 1.51. The number of benzene rings is 1. The van der Waals surface area contributed by atoms with Crippen LogP contribution in [0.1, 0.15) is 36.5 Å². The summed E-state index contributed by atoms with van der Waals surface area (Å²) in [4.78, 5) is 22.4. The van der Waals surface area contributed by atoms with Crippen molar-refractivity contribution in [1.82, 2.24) is 5.32 Å². The highest BCUT2D eigenvalue weighted by molar-refractivity contribution is 5.97. The van der Waals surface area contributed by atoms with Crippen LogP contribution in [0.4, 0.5) is 0 Å². The summed E-state index contributed by atoms with van der Waals surface area (Å²) in [6.45, 7) is 1.96. The van der Waals surface area contributed by atoms with E-state index in [0.717, 1.165) is 6.42 Å². The Balaban J connectivity index is 2.41. The lowest BCUT2D eigenvalue weighted by atomic mass is 10.1. The normalized spacial score (nSPS) is 10.1. The number of hydrogen-bond donors (Lipinski definition) is 3. The molecule has 1 amide bonds. The van der Waals surface area contributed by atoms with E-state index in [9.17, 15) is 19.8 Å². The number of nitrogens with one attached hydrogen (secondary N) is 1. The summed E-state index contributed by atoms with van der Waals surface area (Å²) in [7, 11) is 0. The SMILES string of the molecule is CC(=O)CCCCNC(=O)c1cccc(O)c1O. The van der Waals surface area contributed by atoms with E-state index >= 15 is 0 Å². The quantitative estimate of drug-likeness (QED) is 0.529. The van der Waals surface area contributed by atoms with E-state index in [0.29, 0.717) is 19.4 Å². The van der Waals surface area contributed by atoms with Gasteiger partial charge < -0.3 is 20.3 Å². The van der Waals surface area contributed by atoms with E-state index < -0.39 is 11.7 Å². The van der Waals surface area contributed by atoms with Gasteiger partial charge in [0, 0.05) is 13.0 Å². The van der Waals surface area contributed by atoms with E-state index in [4.69, 9.17) is 0 Å². The molecule has 0 unspecified atom stereocenters. The van der Waals surface area contributed by atoms with Gasteiger partial charge in [0.25, 0.3) is 5.91 Å². The van der Waals surface area contributed by atoms with Crippen LogP contribution in [0.25, 0.3) is 0 Å². The Morgan fingerprint density at radius 1 is 1.22 bits per heavy atom. The van der Waals surface area contributed by atoms with Crippen LogP contribution in [0.5, 0.6) is 11.5 Å². The summed E-state index contributed by atoms with van der Waals surface area (Å²) >= 11 is 0. The first kappa shape index (κ1) is 14.0. The van der Waals surface area contributed by atoms with Crippen LogP contribution in [0.15, 0.2) is 18.2 Å². The molecule has 0 aliphatic carbocycles. The molecule has 0 aliphatic heterocycles. The fourth-order valence-corrected chi connectivity index (χ4v) is 1.51. The van der Waals surface area contributed by atoms with E-state index in [2.05, 4.69) is 5.32 Å². The molecule has 0 fully saturated rings. The number of unbranched alkanes of at least 4 members (excludes halogenated alkanes) is 1. The van der Waals surface area contributed by atoms with Crippen molar-refractivity contribution in [3.63, 3.8) is 0 Å². The molecule has 0 saturated carbocycles. The molecule has 5 heteroatoms. The zero-order valence-corrected chi connectivity index (χ0v) is 10.3. The molecule has 1 aromatic carbocycles. The molecule has 0 heterocycles. The summed E-state index contributed by atoms with van der Waals surface area (Å²) < 4.78 is 0. The third kappa shape index (κ3) is 4.08. The van der Waals surface area contributed by atoms with Crippen molar-refractivity contribution in [1.29, 1.82) is 0 Å². The number of ketones is 1. The minimum Gasteiger partial charge on any atom is -0.504 e.